The molecule has 0 aliphatic heterocycles. The van der Waals surface area contributed by atoms with Crippen molar-refractivity contribution >= 4 is 33.3 Å². The van der Waals surface area contributed by atoms with Crippen molar-refractivity contribution in [3.8, 4) is 11.1 Å². The van der Waals surface area contributed by atoms with Crippen molar-refractivity contribution in [2.45, 2.75) is 6.92 Å². The van der Waals surface area contributed by atoms with Crippen molar-refractivity contribution in [3.05, 3.63) is 93.1 Å². The lowest BCUT2D eigenvalue weighted by Crippen LogP contribution is -2.25. The van der Waals surface area contributed by atoms with Gasteiger partial charge >= 0.3 is 5.97 Å². The molecule has 5 nitrogen and oxygen atoms in total. The summed E-state index contributed by atoms with van der Waals surface area (Å²) < 4.78 is 6.48. The molecule has 2 heterocycles. The highest BCUT2D eigenvalue weighted by Crippen LogP contribution is 2.39. The Bertz CT molecular complexity index is 1300. The number of hydrogen-bond donors (Lipinski definition) is 0. The quantitative estimate of drug-likeness (QED) is 0.349. The van der Waals surface area contributed by atoms with Crippen molar-refractivity contribution in [2.75, 3.05) is 6.61 Å². The van der Waals surface area contributed by atoms with E-state index >= 15 is 0 Å². The van der Waals surface area contributed by atoms with Gasteiger partial charge in [0.05, 0.1) is 11.5 Å². The van der Waals surface area contributed by atoms with E-state index < -0.39 is 11.5 Å². The molecule has 6 heteroatoms. The summed E-state index contributed by atoms with van der Waals surface area (Å²) in [5.74, 6) is -0.790. The summed E-state index contributed by atoms with van der Waals surface area (Å²) in [5, 5.41) is 0.677. The van der Waals surface area contributed by atoms with Gasteiger partial charge in [-0.25, -0.2) is 4.79 Å². The molecule has 0 unspecified atom stereocenters. The van der Waals surface area contributed by atoms with Crippen molar-refractivity contribution in [3.63, 3.8) is 0 Å². The fraction of sp³-hybridized carbons (Fsp3) is 0.125. The number of benzene rings is 2. The molecule has 0 radical (unpaired) electrons. The minimum Gasteiger partial charge on any atom is -0.462 e. The molecule has 0 aliphatic rings. The van der Waals surface area contributed by atoms with Gasteiger partial charge in [0, 0.05) is 23.6 Å². The fourth-order valence-electron chi connectivity index (χ4n) is 3.42. The highest BCUT2D eigenvalue weighted by atomic mass is 32.1. The smallest absolute Gasteiger partial charge is 0.343 e. The number of hydrogen-bond acceptors (Lipinski definition) is 5. The van der Waals surface area contributed by atoms with Gasteiger partial charge in [-0.15, -0.1) is 11.3 Å². The minimum absolute atomic E-state index is 0.0412. The maximum atomic E-state index is 13.4. The standard InChI is InChI=1S/C24H19NO4S/c1-3-29-24(28)18-14-17-19(15-10-6-4-7-11-15)21(30-23(17)25(2)22(18)27)20(26)16-12-8-5-9-13-16/h4-14H,3H2,1-2H3. The minimum atomic E-state index is -0.666. The largest absolute Gasteiger partial charge is 0.462 e. The summed E-state index contributed by atoms with van der Waals surface area (Å²) in [7, 11) is 1.61. The number of esters is 1. The van der Waals surface area contributed by atoms with Crippen LogP contribution >= 0.6 is 11.3 Å². The Morgan fingerprint density at radius 1 is 1.00 bits per heavy atom. The zero-order valence-electron chi connectivity index (χ0n) is 16.5. The molecule has 150 valence electrons. The maximum Gasteiger partial charge on any atom is 0.343 e. The third-order valence-corrected chi connectivity index (χ3v) is 6.13. The van der Waals surface area contributed by atoms with Crippen LogP contribution in [0.1, 0.15) is 32.5 Å². The summed E-state index contributed by atoms with van der Waals surface area (Å²) in [6, 6.07) is 20.1. The third-order valence-electron chi connectivity index (χ3n) is 4.85. The van der Waals surface area contributed by atoms with Crippen LogP contribution in [-0.2, 0) is 11.8 Å². The molecule has 0 bridgehead atoms. The predicted molar refractivity (Wildman–Crippen MR) is 118 cm³/mol. The molecular formula is C24H19NO4S. The fourth-order valence-corrected chi connectivity index (χ4v) is 4.65. The van der Waals surface area contributed by atoms with Crippen molar-refractivity contribution in [2.24, 2.45) is 7.05 Å². The van der Waals surface area contributed by atoms with Crippen molar-refractivity contribution in [1.82, 2.24) is 4.57 Å². The highest BCUT2D eigenvalue weighted by molar-refractivity contribution is 7.21. The van der Waals surface area contributed by atoms with Crippen LogP contribution in [0.5, 0.6) is 0 Å². The number of fused-ring (bicyclic) bond motifs is 1. The van der Waals surface area contributed by atoms with Crippen LogP contribution in [-0.4, -0.2) is 22.9 Å². The van der Waals surface area contributed by atoms with Crippen LogP contribution in [0.4, 0.5) is 0 Å². The van der Waals surface area contributed by atoms with Gasteiger partial charge < -0.3 is 9.30 Å². The molecule has 0 spiro atoms. The first-order chi connectivity index (χ1) is 14.5. The van der Waals surface area contributed by atoms with Gasteiger partial charge in [-0.2, -0.15) is 0 Å². The number of carbonyl (C=O) groups excluding carboxylic acids is 2. The number of aromatic nitrogens is 1. The average molecular weight is 417 g/mol. The molecule has 0 saturated heterocycles. The lowest BCUT2D eigenvalue weighted by molar-refractivity contribution is 0.0524. The summed E-state index contributed by atoms with van der Waals surface area (Å²) >= 11 is 1.26. The second-order valence-electron chi connectivity index (χ2n) is 6.73. The van der Waals surface area contributed by atoms with Gasteiger partial charge in [-0.1, -0.05) is 60.7 Å². The van der Waals surface area contributed by atoms with Crippen LogP contribution in [0.2, 0.25) is 0 Å². The van der Waals surface area contributed by atoms with Crippen molar-refractivity contribution in [1.29, 1.82) is 0 Å². The van der Waals surface area contributed by atoms with E-state index in [1.807, 2.05) is 48.5 Å². The first kappa shape index (κ1) is 19.8. The van der Waals surface area contributed by atoms with Crippen molar-refractivity contribution < 1.29 is 14.3 Å². The molecule has 4 rings (SSSR count). The topological polar surface area (TPSA) is 65.4 Å². The first-order valence-corrected chi connectivity index (χ1v) is 10.3. The average Bonchev–Trinajstić information content (AvgIpc) is 3.16. The summed E-state index contributed by atoms with van der Waals surface area (Å²) in [6.07, 6.45) is 0. The second kappa shape index (κ2) is 8.08. The van der Waals surface area contributed by atoms with Crippen LogP contribution in [0.3, 0.4) is 0 Å². The van der Waals surface area contributed by atoms with E-state index in [0.717, 1.165) is 5.56 Å². The monoisotopic (exact) mass is 417 g/mol. The van der Waals surface area contributed by atoms with Gasteiger partial charge in [0.15, 0.2) is 0 Å². The van der Waals surface area contributed by atoms with Crippen LogP contribution < -0.4 is 5.56 Å². The molecule has 0 aliphatic carbocycles. The number of aryl methyl sites for hydroxylation is 1. The number of nitrogens with zero attached hydrogens (tertiary/aromatic N) is 1. The normalized spacial score (nSPS) is 10.9. The third kappa shape index (κ3) is 3.35. The molecule has 2 aromatic heterocycles. The van der Waals surface area contributed by atoms with Gasteiger partial charge in [-0.3, -0.25) is 9.59 Å². The SMILES string of the molecule is CCOC(=O)c1cc2c(-c3ccccc3)c(C(=O)c3ccccc3)sc2n(C)c1=O. The number of ketones is 1. The summed E-state index contributed by atoms with van der Waals surface area (Å²) in [4.78, 5) is 39.7. The van der Waals surface area contributed by atoms with E-state index in [1.165, 1.54) is 15.9 Å². The van der Waals surface area contributed by atoms with E-state index in [-0.39, 0.29) is 18.0 Å². The molecule has 0 amide bonds. The van der Waals surface area contributed by atoms with E-state index in [4.69, 9.17) is 4.74 Å². The Kier molecular flexibility index (Phi) is 5.33. The number of ether oxygens (including phenoxy) is 1. The summed E-state index contributed by atoms with van der Waals surface area (Å²) in [5.41, 5.74) is 1.64. The van der Waals surface area contributed by atoms with Crippen LogP contribution in [0.25, 0.3) is 21.3 Å². The first-order valence-electron chi connectivity index (χ1n) is 9.51. The number of pyridine rings is 1. The lowest BCUT2D eigenvalue weighted by atomic mass is 9.98. The Morgan fingerprint density at radius 3 is 2.27 bits per heavy atom. The second-order valence-corrected chi connectivity index (χ2v) is 7.73. The molecule has 0 atom stereocenters. The molecule has 0 fully saturated rings. The summed E-state index contributed by atoms with van der Waals surface area (Å²) in [6.45, 7) is 1.87. The lowest BCUT2D eigenvalue weighted by Gasteiger charge is -2.07. The van der Waals surface area contributed by atoms with Crippen LogP contribution in [0, 0.1) is 0 Å². The Morgan fingerprint density at radius 2 is 1.63 bits per heavy atom. The zero-order chi connectivity index (χ0) is 21.3. The highest BCUT2D eigenvalue weighted by Gasteiger charge is 2.25. The zero-order valence-corrected chi connectivity index (χ0v) is 17.4. The van der Waals surface area contributed by atoms with E-state index in [2.05, 4.69) is 0 Å². The molecule has 0 N–H and O–H groups in total. The Balaban J connectivity index is 2.05. The van der Waals surface area contributed by atoms with Gasteiger partial charge in [0.2, 0.25) is 5.78 Å². The molecule has 4 aromatic rings. The number of carbonyl (C=O) groups is 2. The molecule has 0 saturated carbocycles. The number of rotatable bonds is 5. The van der Waals surface area contributed by atoms with E-state index in [0.29, 0.717) is 26.2 Å². The van der Waals surface area contributed by atoms with Gasteiger partial charge in [-0.05, 0) is 18.6 Å². The van der Waals surface area contributed by atoms with Gasteiger partial charge in [0.25, 0.3) is 5.56 Å². The Hall–Kier alpha value is -3.51. The molecular weight excluding hydrogens is 398 g/mol. The van der Waals surface area contributed by atoms with Gasteiger partial charge in [0.1, 0.15) is 10.4 Å². The van der Waals surface area contributed by atoms with E-state index in [9.17, 15) is 14.4 Å². The Labute approximate surface area is 177 Å². The predicted octanol–water partition coefficient (Wildman–Crippen LogP) is 4.67. The maximum absolute atomic E-state index is 13.4. The number of thiophene rings is 1. The van der Waals surface area contributed by atoms with E-state index in [1.54, 1.807) is 32.2 Å². The molecule has 30 heavy (non-hydrogen) atoms. The molecule has 2 aromatic carbocycles. The van der Waals surface area contributed by atoms with Crippen LogP contribution in [0.15, 0.2) is 71.5 Å².